The third-order valence-corrected chi connectivity index (χ3v) is 1.67. The van der Waals surface area contributed by atoms with Crippen LogP contribution in [0.25, 0.3) is 0 Å². The van der Waals surface area contributed by atoms with Crippen LogP contribution >= 0.6 is 0 Å². The van der Waals surface area contributed by atoms with E-state index < -0.39 is 0 Å². The molecule has 0 aromatic heterocycles. The van der Waals surface area contributed by atoms with Crippen molar-refractivity contribution in [2.45, 2.75) is 39.7 Å². The van der Waals surface area contributed by atoms with Crippen LogP contribution in [-0.2, 0) is 9.53 Å². The van der Waals surface area contributed by atoms with Gasteiger partial charge in [0.05, 0.1) is 0 Å². The van der Waals surface area contributed by atoms with Gasteiger partial charge in [-0.3, -0.25) is 4.79 Å². The molecule has 0 saturated carbocycles. The summed E-state index contributed by atoms with van der Waals surface area (Å²) in [6, 6.07) is 0. The second kappa shape index (κ2) is 5.30. The fourth-order valence-corrected chi connectivity index (χ4v) is 1.16. The van der Waals surface area contributed by atoms with Crippen LogP contribution in [0.15, 0.2) is 0 Å². The zero-order valence-electron chi connectivity index (χ0n) is 7.89. The number of Topliss-reactive ketones (excluding diaryl/α,β-unsaturated/α-hetero) is 1. The van der Waals surface area contributed by atoms with E-state index in [-0.39, 0.29) is 11.9 Å². The Morgan fingerprint density at radius 3 is 2.27 bits per heavy atom. The lowest BCUT2D eigenvalue weighted by Crippen LogP contribution is -2.28. The van der Waals surface area contributed by atoms with Crippen molar-refractivity contribution in [1.29, 1.82) is 0 Å². The number of methoxy groups -OCH3 is 1. The molecule has 11 heavy (non-hydrogen) atoms. The average molecular weight is 158 g/mol. The second-order valence-corrected chi connectivity index (χ2v) is 3.12. The molecule has 0 saturated heterocycles. The van der Waals surface area contributed by atoms with Gasteiger partial charge in [0, 0.05) is 13.5 Å². The lowest BCUT2D eigenvalue weighted by atomic mass is 10.0. The molecule has 1 atom stereocenters. The van der Waals surface area contributed by atoms with Crippen molar-refractivity contribution < 1.29 is 9.53 Å². The fourth-order valence-electron chi connectivity index (χ4n) is 1.16. The maximum Gasteiger partial charge on any atom is 0.161 e. The first-order valence-corrected chi connectivity index (χ1v) is 4.19. The number of ketones is 1. The zero-order chi connectivity index (χ0) is 8.85. The molecule has 0 aromatic carbocycles. The Bertz CT molecular complexity index is 119. The number of carbonyl (C=O) groups excluding carboxylic acids is 1. The molecule has 0 amide bonds. The Morgan fingerprint density at radius 1 is 1.45 bits per heavy atom. The van der Waals surface area contributed by atoms with Crippen LogP contribution in [0.1, 0.15) is 33.6 Å². The first kappa shape index (κ1) is 10.6. The summed E-state index contributed by atoms with van der Waals surface area (Å²) >= 11 is 0. The zero-order valence-corrected chi connectivity index (χ0v) is 7.89. The Balaban J connectivity index is 3.92. The molecular weight excluding hydrogens is 140 g/mol. The molecule has 0 aliphatic rings. The van der Waals surface area contributed by atoms with E-state index in [0.717, 1.165) is 6.42 Å². The van der Waals surface area contributed by atoms with Gasteiger partial charge in [0.15, 0.2) is 5.78 Å². The number of hydrogen-bond acceptors (Lipinski definition) is 2. The third kappa shape index (κ3) is 3.51. The van der Waals surface area contributed by atoms with Crippen LogP contribution in [0, 0.1) is 5.92 Å². The van der Waals surface area contributed by atoms with Gasteiger partial charge in [-0.2, -0.15) is 0 Å². The first-order valence-electron chi connectivity index (χ1n) is 4.19. The molecule has 0 aliphatic heterocycles. The van der Waals surface area contributed by atoms with Crippen molar-refractivity contribution in [2.75, 3.05) is 7.11 Å². The van der Waals surface area contributed by atoms with E-state index >= 15 is 0 Å². The average Bonchev–Trinajstić information content (AvgIpc) is 1.88. The topological polar surface area (TPSA) is 26.3 Å². The molecule has 2 heteroatoms. The smallest absolute Gasteiger partial charge is 0.161 e. The summed E-state index contributed by atoms with van der Waals surface area (Å²) in [6.07, 6.45) is 1.34. The monoisotopic (exact) mass is 158 g/mol. The highest BCUT2D eigenvalue weighted by molar-refractivity contribution is 5.83. The molecule has 0 aliphatic carbocycles. The van der Waals surface area contributed by atoms with E-state index in [4.69, 9.17) is 4.74 Å². The van der Waals surface area contributed by atoms with Gasteiger partial charge in [0.1, 0.15) is 6.10 Å². The summed E-state index contributed by atoms with van der Waals surface area (Å²) in [7, 11) is 1.60. The third-order valence-electron chi connectivity index (χ3n) is 1.67. The standard InChI is InChI=1S/C9H18O2/c1-5-6-8(10)9(11-4)7(2)3/h7,9H,5-6H2,1-4H3. The molecule has 0 fully saturated rings. The molecule has 0 rings (SSSR count). The van der Waals surface area contributed by atoms with Gasteiger partial charge in [-0.1, -0.05) is 20.8 Å². The van der Waals surface area contributed by atoms with Crippen LogP contribution in [0.3, 0.4) is 0 Å². The summed E-state index contributed by atoms with van der Waals surface area (Å²) < 4.78 is 5.08. The number of rotatable bonds is 5. The largest absolute Gasteiger partial charge is 0.373 e. The van der Waals surface area contributed by atoms with Gasteiger partial charge in [-0.15, -0.1) is 0 Å². The molecule has 0 spiro atoms. The highest BCUT2D eigenvalue weighted by Crippen LogP contribution is 2.09. The van der Waals surface area contributed by atoms with Crippen molar-refractivity contribution in [1.82, 2.24) is 0 Å². The van der Waals surface area contributed by atoms with Crippen LogP contribution in [0.4, 0.5) is 0 Å². The molecule has 1 unspecified atom stereocenters. The lowest BCUT2D eigenvalue weighted by molar-refractivity contribution is -0.131. The van der Waals surface area contributed by atoms with Crippen molar-refractivity contribution in [3.05, 3.63) is 0 Å². The normalized spacial score (nSPS) is 13.5. The van der Waals surface area contributed by atoms with Crippen molar-refractivity contribution in [3.63, 3.8) is 0 Å². The number of carbonyl (C=O) groups is 1. The van der Waals surface area contributed by atoms with Crippen LogP contribution in [0.2, 0.25) is 0 Å². The number of ether oxygens (including phenoxy) is 1. The van der Waals surface area contributed by atoms with Gasteiger partial charge < -0.3 is 4.74 Å². The van der Waals surface area contributed by atoms with Gasteiger partial charge in [-0.05, 0) is 12.3 Å². The van der Waals surface area contributed by atoms with E-state index in [1.54, 1.807) is 7.11 Å². The van der Waals surface area contributed by atoms with Crippen LogP contribution < -0.4 is 0 Å². The van der Waals surface area contributed by atoms with Gasteiger partial charge in [0.2, 0.25) is 0 Å². The van der Waals surface area contributed by atoms with Crippen LogP contribution in [0.5, 0.6) is 0 Å². The van der Waals surface area contributed by atoms with Crippen molar-refractivity contribution in [2.24, 2.45) is 5.92 Å². The highest BCUT2D eigenvalue weighted by atomic mass is 16.5. The molecule has 0 bridgehead atoms. The second-order valence-electron chi connectivity index (χ2n) is 3.12. The molecular formula is C9H18O2. The minimum atomic E-state index is -0.199. The Labute approximate surface area is 68.9 Å². The predicted molar refractivity (Wildman–Crippen MR) is 45.6 cm³/mol. The van der Waals surface area contributed by atoms with Crippen molar-refractivity contribution in [3.8, 4) is 0 Å². The van der Waals surface area contributed by atoms with Gasteiger partial charge in [0.25, 0.3) is 0 Å². The summed E-state index contributed by atoms with van der Waals surface area (Å²) in [6.45, 7) is 6.01. The lowest BCUT2D eigenvalue weighted by Gasteiger charge is -2.16. The quantitative estimate of drug-likeness (QED) is 0.612. The van der Waals surface area contributed by atoms with Gasteiger partial charge in [-0.25, -0.2) is 0 Å². The summed E-state index contributed by atoms with van der Waals surface area (Å²) in [5.41, 5.74) is 0. The molecule has 0 heterocycles. The maximum absolute atomic E-state index is 11.3. The molecule has 0 aromatic rings. The molecule has 2 nitrogen and oxygen atoms in total. The van der Waals surface area contributed by atoms with E-state index in [2.05, 4.69) is 0 Å². The molecule has 0 N–H and O–H groups in total. The van der Waals surface area contributed by atoms with Gasteiger partial charge >= 0.3 is 0 Å². The molecule has 66 valence electrons. The predicted octanol–water partition coefficient (Wildman–Crippen LogP) is 2.03. The minimum Gasteiger partial charge on any atom is -0.373 e. The van der Waals surface area contributed by atoms with E-state index in [0.29, 0.717) is 12.3 Å². The Kier molecular flexibility index (Phi) is 5.12. The summed E-state index contributed by atoms with van der Waals surface area (Å²) in [4.78, 5) is 11.3. The Hall–Kier alpha value is -0.370. The SMILES string of the molecule is CCCC(=O)C(OC)C(C)C. The minimum absolute atomic E-state index is 0.199. The Morgan fingerprint density at radius 2 is 2.00 bits per heavy atom. The van der Waals surface area contributed by atoms with Crippen molar-refractivity contribution >= 4 is 5.78 Å². The highest BCUT2D eigenvalue weighted by Gasteiger charge is 2.19. The number of hydrogen-bond donors (Lipinski definition) is 0. The van der Waals surface area contributed by atoms with E-state index in [9.17, 15) is 4.79 Å². The fraction of sp³-hybridized carbons (Fsp3) is 0.889. The maximum atomic E-state index is 11.3. The first-order chi connectivity index (χ1) is 5.13. The molecule has 0 radical (unpaired) electrons. The summed E-state index contributed by atoms with van der Waals surface area (Å²) in [5.74, 6) is 0.518. The summed E-state index contributed by atoms with van der Waals surface area (Å²) in [5, 5.41) is 0. The van der Waals surface area contributed by atoms with E-state index in [1.807, 2.05) is 20.8 Å². The van der Waals surface area contributed by atoms with E-state index in [1.165, 1.54) is 0 Å². The van der Waals surface area contributed by atoms with Crippen LogP contribution in [-0.4, -0.2) is 19.0 Å².